The highest BCUT2D eigenvalue weighted by molar-refractivity contribution is 6.31. The van der Waals surface area contributed by atoms with Gasteiger partial charge in [0.05, 0.1) is 5.56 Å². The maximum atomic E-state index is 12.2. The number of benzene rings is 2. The summed E-state index contributed by atoms with van der Waals surface area (Å²) in [5.41, 5.74) is 6.84. The highest BCUT2D eigenvalue weighted by Crippen LogP contribution is 2.14. The summed E-state index contributed by atoms with van der Waals surface area (Å²) in [6.45, 7) is 1.98. The van der Waals surface area contributed by atoms with Crippen molar-refractivity contribution < 1.29 is 19.1 Å². The fraction of sp³-hybridized carbons (Fsp3) is 0.211. The summed E-state index contributed by atoms with van der Waals surface area (Å²) in [5.74, 6) is -1.05. The van der Waals surface area contributed by atoms with Crippen LogP contribution >= 0.6 is 11.6 Å². The van der Waals surface area contributed by atoms with Gasteiger partial charge in [-0.3, -0.25) is 4.79 Å². The zero-order valence-corrected chi connectivity index (χ0v) is 15.5. The fourth-order valence-corrected chi connectivity index (χ4v) is 2.40. The van der Waals surface area contributed by atoms with Crippen molar-refractivity contribution in [1.82, 2.24) is 10.6 Å². The van der Waals surface area contributed by atoms with E-state index in [0.717, 1.165) is 11.1 Å². The summed E-state index contributed by atoms with van der Waals surface area (Å²) >= 11 is 6.04. The van der Waals surface area contributed by atoms with Crippen molar-refractivity contribution in [2.45, 2.75) is 26.1 Å². The Morgan fingerprint density at radius 3 is 2.33 bits per heavy atom. The van der Waals surface area contributed by atoms with E-state index >= 15 is 0 Å². The maximum Gasteiger partial charge on any atom is 0.338 e. The molecule has 0 aliphatic heterocycles. The van der Waals surface area contributed by atoms with Crippen LogP contribution in [0.25, 0.3) is 0 Å². The van der Waals surface area contributed by atoms with Crippen LogP contribution in [-0.2, 0) is 22.6 Å². The number of amides is 3. The second-order valence-electron chi connectivity index (χ2n) is 5.77. The topological polar surface area (TPSA) is 111 Å². The molecule has 8 heteroatoms. The molecule has 2 aromatic carbocycles. The molecule has 0 aromatic heterocycles. The number of rotatable bonds is 7. The first-order valence-corrected chi connectivity index (χ1v) is 8.59. The Hall–Kier alpha value is -3.06. The minimum atomic E-state index is -0.962. The summed E-state index contributed by atoms with van der Waals surface area (Å²) in [5, 5.41) is 5.68. The van der Waals surface area contributed by atoms with Gasteiger partial charge in [-0.15, -0.1) is 0 Å². The van der Waals surface area contributed by atoms with Crippen molar-refractivity contribution in [1.29, 1.82) is 0 Å². The van der Waals surface area contributed by atoms with Crippen LogP contribution in [0.4, 0.5) is 4.79 Å². The van der Waals surface area contributed by atoms with Gasteiger partial charge in [-0.2, -0.15) is 0 Å². The molecule has 0 saturated carbocycles. The van der Waals surface area contributed by atoms with Gasteiger partial charge in [0.1, 0.15) is 0 Å². The Morgan fingerprint density at radius 1 is 1.04 bits per heavy atom. The molecule has 0 heterocycles. The molecule has 27 heavy (non-hydrogen) atoms. The molecule has 2 rings (SSSR count). The van der Waals surface area contributed by atoms with Gasteiger partial charge < -0.3 is 21.1 Å². The third-order valence-corrected chi connectivity index (χ3v) is 4.09. The van der Waals surface area contributed by atoms with Gasteiger partial charge in [-0.25, -0.2) is 9.59 Å². The molecule has 3 amide bonds. The third kappa shape index (κ3) is 6.31. The van der Waals surface area contributed by atoms with Gasteiger partial charge in [0.25, 0.3) is 5.91 Å². The summed E-state index contributed by atoms with van der Waals surface area (Å²) in [6.07, 6.45) is -0.962. The summed E-state index contributed by atoms with van der Waals surface area (Å²) in [4.78, 5) is 35.0. The van der Waals surface area contributed by atoms with E-state index in [9.17, 15) is 14.4 Å². The lowest BCUT2D eigenvalue weighted by Gasteiger charge is -2.14. The summed E-state index contributed by atoms with van der Waals surface area (Å²) < 4.78 is 5.18. The van der Waals surface area contributed by atoms with Crippen molar-refractivity contribution in [3.8, 4) is 0 Å². The number of esters is 1. The van der Waals surface area contributed by atoms with Crippen LogP contribution in [-0.4, -0.2) is 24.0 Å². The van der Waals surface area contributed by atoms with E-state index in [2.05, 4.69) is 10.6 Å². The van der Waals surface area contributed by atoms with Crippen LogP contribution in [0.1, 0.15) is 28.4 Å². The predicted molar refractivity (Wildman–Crippen MR) is 101 cm³/mol. The lowest BCUT2D eigenvalue weighted by molar-refractivity contribution is -0.129. The number of primary amides is 1. The van der Waals surface area contributed by atoms with E-state index in [0.29, 0.717) is 10.6 Å². The highest BCUT2D eigenvalue weighted by atomic mass is 35.5. The number of hydrogen-bond donors (Lipinski definition) is 3. The van der Waals surface area contributed by atoms with Crippen molar-refractivity contribution in [2.75, 3.05) is 0 Å². The third-order valence-electron chi connectivity index (χ3n) is 3.72. The van der Waals surface area contributed by atoms with Crippen LogP contribution in [0.5, 0.6) is 0 Å². The van der Waals surface area contributed by atoms with Gasteiger partial charge in [-0.1, -0.05) is 41.9 Å². The van der Waals surface area contributed by atoms with Gasteiger partial charge in [0.15, 0.2) is 6.10 Å². The number of carbonyl (C=O) groups is 3. The smallest absolute Gasteiger partial charge is 0.338 e. The lowest BCUT2D eigenvalue weighted by atomic mass is 10.1. The molecule has 0 saturated heterocycles. The molecule has 142 valence electrons. The number of nitrogens with two attached hydrogens (primary N) is 1. The number of nitrogens with one attached hydrogen (secondary N) is 2. The minimum Gasteiger partial charge on any atom is -0.449 e. The van der Waals surface area contributed by atoms with Crippen molar-refractivity contribution in [3.05, 3.63) is 70.2 Å². The average Bonchev–Trinajstić information content (AvgIpc) is 2.65. The monoisotopic (exact) mass is 389 g/mol. The molecule has 0 aliphatic carbocycles. The molecule has 1 atom stereocenters. The second-order valence-corrected chi connectivity index (χ2v) is 6.18. The van der Waals surface area contributed by atoms with Crippen LogP contribution in [0.3, 0.4) is 0 Å². The van der Waals surface area contributed by atoms with Crippen LogP contribution < -0.4 is 16.4 Å². The van der Waals surface area contributed by atoms with Crippen LogP contribution in [0.15, 0.2) is 48.5 Å². The number of ether oxygens (including phenoxy) is 1. The number of urea groups is 1. The van der Waals surface area contributed by atoms with Crippen LogP contribution in [0, 0.1) is 0 Å². The first-order chi connectivity index (χ1) is 12.9. The molecule has 0 bridgehead atoms. The van der Waals surface area contributed by atoms with Crippen LogP contribution in [0.2, 0.25) is 5.02 Å². The average molecular weight is 390 g/mol. The second kappa shape index (κ2) is 9.59. The van der Waals surface area contributed by atoms with E-state index in [1.165, 1.54) is 6.92 Å². The Kier molecular flexibility index (Phi) is 7.19. The van der Waals surface area contributed by atoms with E-state index in [1.54, 1.807) is 42.5 Å². The van der Waals surface area contributed by atoms with Crippen molar-refractivity contribution in [3.63, 3.8) is 0 Å². The maximum absolute atomic E-state index is 12.2. The number of halogens is 1. The first-order valence-electron chi connectivity index (χ1n) is 8.21. The summed E-state index contributed by atoms with van der Waals surface area (Å²) in [7, 11) is 0. The van der Waals surface area contributed by atoms with Gasteiger partial charge in [-0.05, 0) is 36.2 Å². The van der Waals surface area contributed by atoms with Gasteiger partial charge in [0, 0.05) is 18.1 Å². The largest absolute Gasteiger partial charge is 0.449 e. The fourth-order valence-electron chi connectivity index (χ4n) is 2.20. The molecular formula is C19H20ClN3O4. The molecule has 4 N–H and O–H groups in total. The number of hydrogen-bond acceptors (Lipinski definition) is 4. The zero-order valence-electron chi connectivity index (χ0n) is 14.7. The normalized spacial score (nSPS) is 11.3. The molecule has 7 nitrogen and oxygen atoms in total. The highest BCUT2D eigenvalue weighted by Gasteiger charge is 2.19. The molecule has 1 unspecified atom stereocenters. The Balaban J connectivity index is 1.86. The molecule has 0 aliphatic rings. The van der Waals surface area contributed by atoms with E-state index in [-0.39, 0.29) is 13.1 Å². The zero-order chi connectivity index (χ0) is 19.8. The van der Waals surface area contributed by atoms with E-state index in [4.69, 9.17) is 22.1 Å². The van der Waals surface area contributed by atoms with Gasteiger partial charge >= 0.3 is 12.0 Å². The first kappa shape index (κ1) is 20.3. The Bertz CT molecular complexity index is 824. The minimum absolute atomic E-state index is 0.238. The quantitative estimate of drug-likeness (QED) is 0.631. The molecule has 0 fully saturated rings. The van der Waals surface area contributed by atoms with E-state index in [1.807, 2.05) is 6.07 Å². The molecule has 2 aromatic rings. The lowest BCUT2D eigenvalue weighted by Crippen LogP contribution is -2.35. The molecular weight excluding hydrogens is 370 g/mol. The SMILES string of the molecule is CC(OC(=O)c1ccc(CNC(N)=O)cc1)C(=O)NCc1ccccc1Cl. The Morgan fingerprint density at radius 2 is 1.70 bits per heavy atom. The molecule has 0 radical (unpaired) electrons. The number of carbonyl (C=O) groups excluding carboxylic acids is 3. The van der Waals surface area contributed by atoms with Crippen molar-refractivity contribution in [2.24, 2.45) is 5.73 Å². The van der Waals surface area contributed by atoms with E-state index < -0.39 is 24.0 Å². The summed E-state index contributed by atoms with van der Waals surface area (Å²) in [6, 6.07) is 12.9. The standard InChI is InChI=1S/C19H20ClN3O4/c1-12(17(24)22-11-15-4-2-3-5-16(15)20)27-18(25)14-8-6-13(7-9-14)10-23-19(21)26/h2-9,12H,10-11H2,1H3,(H,22,24)(H3,21,23,26). The molecule has 0 spiro atoms. The predicted octanol–water partition coefficient (Wildman–Crippen LogP) is 2.37. The Labute approximate surface area is 161 Å². The van der Waals surface area contributed by atoms with Crippen molar-refractivity contribution >= 4 is 29.5 Å². The van der Waals surface area contributed by atoms with Gasteiger partial charge in [0.2, 0.25) is 0 Å².